The predicted molar refractivity (Wildman–Crippen MR) is 82.5 cm³/mol. The van der Waals surface area contributed by atoms with Crippen molar-refractivity contribution in [1.29, 1.82) is 0 Å². The molecule has 0 saturated carbocycles. The van der Waals surface area contributed by atoms with Gasteiger partial charge in [-0.25, -0.2) is 0 Å². The Hall–Kier alpha value is -1.39. The largest absolute Gasteiger partial charge is 0.481 e. The molecule has 116 valence electrons. The van der Waals surface area contributed by atoms with E-state index in [2.05, 4.69) is 23.1 Å². The number of hydrogen-bond donors (Lipinski definition) is 2. The minimum atomic E-state index is -0.780. The maximum absolute atomic E-state index is 11.1. The molecule has 0 heterocycles. The summed E-state index contributed by atoms with van der Waals surface area (Å²) in [5.74, 6) is -0.780. The van der Waals surface area contributed by atoms with Crippen molar-refractivity contribution in [1.82, 2.24) is 4.90 Å². The highest BCUT2D eigenvalue weighted by Gasteiger charge is 2.21. The van der Waals surface area contributed by atoms with E-state index in [1.807, 2.05) is 6.92 Å². The fourth-order valence-corrected chi connectivity index (χ4v) is 3.28. The Bertz CT molecular complexity index is 487. The van der Waals surface area contributed by atoms with Gasteiger partial charge in [-0.15, -0.1) is 0 Å². The minimum absolute atomic E-state index is 0.0564. The van der Waals surface area contributed by atoms with E-state index in [-0.39, 0.29) is 19.1 Å². The Kier molecular flexibility index (Phi) is 5.76. The van der Waals surface area contributed by atoms with Gasteiger partial charge >= 0.3 is 5.97 Å². The zero-order valence-electron chi connectivity index (χ0n) is 12.7. The number of aliphatic carboxylic acids is 1. The quantitative estimate of drug-likeness (QED) is 0.767. The third-order valence-electron chi connectivity index (χ3n) is 4.35. The average molecular weight is 291 g/mol. The molecule has 0 saturated heterocycles. The lowest BCUT2D eigenvalue weighted by Crippen LogP contribution is -2.40. The van der Waals surface area contributed by atoms with Crippen LogP contribution < -0.4 is 0 Å². The normalized spacial score (nSPS) is 15.2. The van der Waals surface area contributed by atoms with Crippen molar-refractivity contribution < 1.29 is 15.0 Å². The number of aliphatic hydroxyl groups excluding tert-OH is 1. The second-order valence-corrected chi connectivity index (χ2v) is 5.76. The summed E-state index contributed by atoms with van der Waals surface area (Å²) < 4.78 is 0. The number of aliphatic hydroxyl groups is 1. The SMILES string of the molecule is CCN(CCO)C(CC(=O)O)Cc1ccc2c(c1)CCC2. The molecule has 21 heavy (non-hydrogen) atoms. The first-order valence-electron chi connectivity index (χ1n) is 7.81. The van der Waals surface area contributed by atoms with Crippen LogP contribution in [0.25, 0.3) is 0 Å². The first-order valence-corrected chi connectivity index (χ1v) is 7.81. The van der Waals surface area contributed by atoms with Crippen molar-refractivity contribution in [3.8, 4) is 0 Å². The number of carboxylic acid groups (broad SMARTS) is 1. The molecule has 0 amide bonds. The van der Waals surface area contributed by atoms with Gasteiger partial charge in [0.15, 0.2) is 0 Å². The summed E-state index contributed by atoms with van der Waals surface area (Å²) in [4.78, 5) is 13.2. The molecule has 2 N–H and O–H groups in total. The maximum atomic E-state index is 11.1. The van der Waals surface area contributed by atoms with Crippen molar-refractivity contribution in [2.75, 3.05) is 19.7 Å². The summed E-state index contributed by atoms with van der Waals surface area (Å²) in [6, 6.07) is 6.51. The van der Waals surface area contributed by atoms with Crippen LogP contribution in [0.5, 0.6) is 0 Å². The minimum Gasteiger partial charge on any atom is -0.481 e. The van der Waals surface area contributed by atoms with Gasteiger partial charge < -0.3 is 10.2 Å². The number of benzene rings is 1. The maximum Gasteiger partial charge on any atom is 0.304 e. The first-order chi connectivity index (χ1) is 10.1. The van der Waals surface area contributed by atoms with Gasteiger partial charge in [0.25, 0.3) is 0 Å². The van der Waals surface area contributed by atoms with Crippen molar-refractivity contribution in [3.05, 3.63) is 34.9 Å². The molecular formula is C17H25NO3. The molecule has 0 bridgehead atoms. The molecule has 2 rings (SSSR count). The molecule has 0 spiro atoms. The predicted octanol–water partition coefficient (Wildman–Crippen LogP) is 1.88. The van der Waals surface area contributed by atoms with E-state index in [1.165, 1.54) is 29.5 Å². The molecule has 1 unspecified atom stereocenters. The number of rotatable bonds is 8. The van der Waals surface area contributed by atoms with Crippen molar-refractivity contribution in [3.63, 3.8) is 0 Å². The van der Waals surface area contributed by atoms with Gasteiger partial charge in [-0.3, -0.25) is 9.69 Å². The summed E-state index contributed by atoms with van der Waals surface area (Å²) in [6.07, 6.45) is 4.38. The lowest BCUT2D eigenvalue weighted by molar-refractivity contribution is -0.138. The lowest BCUT2D eigenvalue weighted by Gasteiger charge is -2.29. The van der Waals surface area contributed by atoms with E-state index in [9.17, 15) is 4.79 Å². The zero-order chi connectivity index (χ0) is 15.2. The molecule has 1 atom stereocenters. The third-order valence-corrected chi connectivity index (χ3v) is 4.35. The Labute approximate surface area is 126 Å². The van der Waals surface area contributed by atoms with Crippen molar-refractivity contribution in [2.45, 2.75) is 45.1 Å². The van der Waals surface area contributed by atoms with Crippen LogP contribution in [0.4, 0.5) is 0 Å². The number of nitrogens with zero attached hydrogens (tertiary/aromatic N) is 1. The molecule has 0 radical (unpaired) electrons. The van der Waals surface area contributed by atoms with Crippen LogP contribution in [-0.2, 0) is 24.1 Å². The van der Waals surface area contributed by atoms with E-state index in [4.69, 9.17) is 10.2 Å². The van der Waals surface area contributed by atoms with Crippen LogP contribution in [0.1, 0.15) is 36.5 Å². The highest BCUT2D eigenvalue weighted by atomic mass is 16.4. The van der Waals surface area contributed by atoms with Crippen LogP contribution in [0, 0.1) is 0 Å². The van der Waals surface area contributed by atoms with Crippen LogP contribution >= 0.6 is 0 Å². The van der Waals surface area contributed by atoms with Crippen LogP contribution in [0.3, 0.4) is 0 Å². The number of likely N-dealkylation sites (N-methyl/N-ethyl adjacent to an activating group) is 1. The summed E-state index contributed by atoms with van der Waals surface area (Å²) >= 11 is 0. The van der Waals surface area contributed by atoms with Gasteiger partial charge in [-0.1, -0.05) is 25.1 Å². The monoisotopic (exact) mass is 291 g/mol. The van der Waals surface area contributed by atoms with E-state index in [0.717, 1.165) is 19.4 Å². The highest BCUT2D eigenvalue weighted by Crippen LogP contribution is 2.24. The molecule has 0 fully saturated rings. The Morgan fingerprint density at radius 3 is 2.76 bits per heavy atom. The molecule has 4 nitrogen and oxygen atoms in total. The summed E-state index contributed by atoms with van der Waals surface area (Å²) in [6.45, 7) is 3.35. The van der Waals surface area contributed by atoms with Gasteiger partial charge in [0, 0.05) is 12.6 Å². The van der Waals surface area contributed by atoms with Crippen LogP contribution in [-0.4, -0.2) is 46.8 Å². The molecular weight excluding hydrogens is 266 g/mol. The molecule has 1 aliphatic rings. The van der Waals surface area contributed by atoms with Gasteiger partial charge in [-0.2, -0.15) is 0 Å². The lowest BCUT2D eigenvalue weighted by atomic mass is 9.98. The number of carboxylic acids is 1. The van der Waals surface area contributed by atoms with E-state index >= 15 is 0 Å². The van der Waals surface area contributed by atoms with Crippen LogP contribution in [0.2, 0.25) is 0 Å². The molecule has 1 aliphatic carbocycles. The number of hydrogen-bond acceptors (Lipinski definition) is 3. The summed E-state index contributed by atoms with van der Waals surface area (Å²) in [7, 11) is 0. The standard InChI is InChI=1S/C17H25NO3/c1-2-18(8-9-19)16(12-17(20)21)11-13-6-7-14-4-3-5-15(14)10-13/h6-7,10,16,19H,2-5,8-9,11-12H2,1H3,(H,20,21). The Morgan fingerprint density at radius 1 is 1.33 bits per heavy atom. The molecule has 1 aromatic rings. The summed E-state index contributed by atoms with van der Waals surface area (Å²) in [5.41, 5.74) is 4.07. The van der Waals surface area contributed by atoms with Crippen molar-refractivity contribution >= 4 is 5.97 Å². The van der Waals surface area contributed by atoms with Gasteiger partial charge in [0.1, 0.15) is 0 Å². The fraction of sp³-hybridized carbons (Fsp3) is 0.588. The number of carbonyl (C=O) groups is 1. The molecule has 1 aromatic carbocycles. The number of aryl methyl sites for hydroxylation is 2. The zero-order valence-corrected chi connectivity index (χ0v) is 12.7. The van der Waals surface area contributed by atoms with Gasteiger partial charge in [-0.05, 0) is 48.9 Å². The molecule has 0 aliphatic heterocycles. The second-order valence-electron chi connectivity index (χ2n) is 5.76. The highest BCUT2D eigenvalue weighted by molar-refractivity contribution is 5.67. The smallest absolute Gasteiger partial charge is 0.304 e. The van der Waals surface area contributed by atoms with Gasteiger partial charge in [0.05, 0.1) is 13.0 Å². The van der Waals surface area contributed by atoms with Gasteiger partial charge in [0.2, 0.25) is 0 Å². The first kappa shape index (κ1) is 16.0. The van der Waals surface area contributed by atoms with Crippen molar-refractivity contribution in [2.24, 2.45) is 0 Å². The second kappa shape index (κ2) is 7.57. The molecule has 0 aromatic heterocycles. The fourth-order valence-electron chi connectivity index (χ4n) is 3.28. The van der Waals surface area contributed by atoms with E-state index in [1.54, 1.807) is 0 Å². The average Bonchev–Trinajstić information content (AvgIpc) is 2.91. The third kappa shape index (κ3) is 4.29. The number of fused-ring (bicyclic) bond motifs is 1. The topological polar surface area (TPSA) is 60.8 Å². The Balaban J connectivity index is 2.11. The summed E-state index contributed by atoms with van der Waals surface area (Å²) in [5, 5.41) is 18.3. The molecule has 4 heteroatoms. The van der Waals surface area contributed by atoms with Crippen LogP contribution in [0.15, 0.2) is 18.2 Å². The van der Waals surface area contributed by atoms with E-state index < -0.39 is 5.97 Å². The Morgan fingerprint density at radius 2 is 2.10 bits per heavy atom. The van der Waals surface area contributed by atoms with E-state index in [0.29, 0.717) is 6.54 Å².